The van der Waals surface area contributed by atoms with Crippen LogP contribution in [0.2, 0.25) is 0 Å². The van der Waals surface area contributed by atoms with Crippen LogP contribution in [0, 0.1) is 11.6 Å². The lowest BCUT2D eigenvalue weighted by atomic mass is 10.0. The van der Waals surface area contributed by atoms with Crippen molar-refractivity contribution >= 4 is 23.4 Å². The van der Waals surface area contributed by atoms with Crippen LogP contribution in [0.25, 0.3) is 11.0 Å². The van der Waals surface area contributed by atoms with Gasteiger partial charge in [0.15, 0.2) is 0 Å². The molecule has 1 aliphatic heterocycles. The van der Waals surface area contributed by atoms with E-state index in [2.05, 4.69) is 5.32 Å². The predicted octanol–water partition coefficient (Wildman–Crippen LogP) is 3.65. The van der Waals surface area contributed by atoms with Gasteiger partial charge in [0.1, 0.15) is 35.0 Å². The van der Waals surface area contributed by atoms with Gasteiger partial charge in [-0.2, -0.15) is 0 Å². The van der Waals surface area contributed by atoms with E-state index >= 15 is 0 Å². The van der Waals surface area contributed by atoms with Gasteiger partial charge in [0.2, 0.25) is 0 Å². The Morgan fingerprint density at radius 2 is 1.96 bits per heavy atom. The third-order valence-corrected chi connectivity index (χ3v) is 5.00. The van der Waals surface area contributed by atoms with E-state index in [1.807, 2.05) is 13.8 Å². The van der Waals surface area contributed by atoms with Crippen molar-refractivity contribution in [1.82, 2.24) is 14.5 Å². The Kier molecular flexibility index (Phi) is 5.50. The van der Waals surface area contributed by atoms with Crippen molar-refractivity contribution in [3.05, 3.63) is 64.1 Å². The summed E-state index contributed by atoms with van der Waals surface area (Å²) >= 11 is 0. The molecule has 0 saturated heterocycles. The molecular weight excluding hydrogens is 388 g/mol. The minimum Gasteiger partial charge on any atom is -0.486 e. The maximum atomic E-state index is 14.8. The summed E-state index contributed by atoms with van der Waals surface area (Å²) in [6.45, 7) is 4.20. The van der Waals surface area contributed by atoms with Gasteiger partial charge in [0.05, 0.1) is 5.52 Å². The first-order valence-corrected chi connectivity index (χ1v) is 8.95. The van der Waals surface area contributed by atoms with E-state index in [-0.39, 0.29) is 29.7 Å². The molecule has 1 aliphatic rings. The number of nitrogens with zero attached hydrogens (tertiary/aromatic N) is 2. The van der Waals surface area contributed by atoms with Crippen molar-refractivity contribution in [3.63, 3.8) is 0 Å². The van der Waals surface area contributed by atoms with Crippen LogP contribution in [0.4, 0.5) is 8.78 Å². The van der Waals surface area contributed by atoms with Gasteiger partial charge in [-0.3, -0.25) is 9.13 Å². The molecular formula is C20H22ClF2N3O2. The zero-order chi connectivity index (χ0) is 19.3. The molecule has 0 aliphatic carbocycles. The molecule has 2 aromatic carbocycles. The molecule has 2 heterocycles. The molecule has 0 amide bonds. The highest BCUT2D eigenvalue weighted by atomic mass is 35.5. The Bertz CT molecular complexity index is 1080. The fraction of sp³-hybridized carbons (Fsp3) is 0.350. The first-order valence-electron chi connectivity index (χ1n) is 8.95. The van der Waals surface area contributed by atoms with Gasteiger partial charge >= 0.3 is 5.69 Å². The Morgan fingerprint density at radius 1 is 1.21 bits per heavy atom. The molecule has 4 rings (SSSR count). The van der Waals surface area contributed by atoms with Crippen LogP contribution in [0.3, 0.4) is 0 Å². The highest BCUT2D eigenvalue weighted by molar-refractivity contribution is 5.85. The van der Waals surface area contributed by atoms with E-state index in [0.717, 1.165) is 0 Å². The summed E-state index contributed by atoms with van der Waals surface area (Å²) in [6.07, 6.45) is -0.463. The summed E-state index contributed by atoms with van der Waals surface area (Å²) in [4.78, 5) is 13.3. The molecule has 8 heteroatoms. The van der Waals surface area contributed by atoms with Gasteiger partial charge in [0.25, 0.3) is 0 Å². The van der Waals surface area contributed by atoms with Crippen molar-refractivity contribution in [1.29, 1.82) is 0 Å². The second-order valence-corrected chi connectivity index (χ2v) is 7.06. The zero-order valence-corrected chi connectivity index (χ0v) is 16.6. The van der Waals surface area contributed by atoms with E-state index < -0.39 is 23.8 Å². The molecule has 1 N–H and O–H groups in total. The number of halogens is 3. The number of likely N-dealkylation sites (N-methyl/N-ethyl adjacent to an activating group) is 1. The van der Waals surface area contributed by atoms with Gasteiger partial charge in [-0.25, -0.2) is 13.6 Å². The van der Waals surface area contributed by atoms with Gasteiger partial charge in [0, 0.05) is 24.2 Å². The summed E-state index contributed by atoms with van der Waals surface area (Å²) in [6, 6.07) is 8.24. The number of rotatable bonds is 4. The Balaban J connectivity index is 0.00000225. The van der Waals surface area contributed by atoms with Gasteiger partial charge in [-0.05, 0) is 39.1 Å². The average molecular weight is 410 g/mol. The van der Waals surface area contributed by atoms with Crippen LogP contribution in [-0.4, -0.2) is 28.8 Å². The molecule has 0 radical (unpaired) electrons. The summed E-state index contributed by atoms with van der Waals surface area (Å²) < 4.78 is 37.5. The monoisotopic (exact) mass is 409 g/mol. The standard InChI is InChI=1S/C20H21F2N3O2.ClH/c1-11(2)24-15-6-4-5-14(22)19(15)25(20(24)26)18-13-8-7-12(21)9-16(13)27-17(18)10-23-3;/h4-9,11,17-18,23H,10H2,1-3H3;1H. The van der Waals surface area contributed by atoms with Crippen molar-refractivity contribution in [3.8, 4) is 5.75 Å². The molecule has 0 spiro atoms. The number of ether oxygens (including phenoxy) is 1. The Hall–Kier alpha value is -2.38. The molecule has 0 saturated carbocycles. The lowest BCUT2D eigenvalue weighted by Gasteiger charge is -2.20. The van der Waals surface area contributed by atoms with Crippen molar-refractivity contribution < 1.29 is 13.5 Å². The minimum atomic E-state index is -0.556. The van der Waals surface area contributed by atoms with Gasteiger partial charge in [-0.1, -0.05) is 12.1 Å². The maximum absolute atomic E-state index is 14.8. The number of nitrogens with one attached hydrogen (secondary N) is 1. The minimum absolute atomic E-state index is 0. The number of hydrogen-bond donors (Lipinski definition) is 1. The van der Waals surface area contributed by atoms with Gasteiger partial charge < -0.3 is 10.1 Å². The largest absolute Gasteiger partial charge is 0.486 e. The Labute approximate surface area is 167 Å². The fourth-order valence-corrected chi connectivity index (χ4v) is 3.95. The lowest BCUT2D eigenvalue weighted by molar-refractivity contribution is 0.191. The zero-order valence-electron chi connectivity index (χ0n) is 15.8. The van der Waals surface area contributed by atoms with Crippen LogP contribution in [0.15, 0.2) is 41.2 Å². The van der Waals surface area contributed by atoms with Crippen molar-refractivity contribution in [2.24, 2.45) is 0 Å². The molecule has 150 valence electrons. The summed E-state index contributed by atoms with van der Waals surface area (Å²) in [5, 5.41) is 3.04. The fourth-order valence-electron chi connectivity index (χ4n) is 3.95. The third-order valence-electron chi connectivity index (χ3n) is 5.00. The molecule has 2 unspecified atom stereocenters. The van der Waals surface area contributed by atoms with Crippen molar-refractivity contribution in [2.75, 3.05) is 13.6 Å². The summed E-state index contributed by atoms with van der Waals surface area (Å²) in [7, 11) is 1.77. The Morgan fingerprint density at radius 3 is 2.64 bits per heavy atom. The molecule has 0 bridgehead atoms. The van der Waals surface area contributed by atoms with Crippen LogP contribution in [0.5, 0.6) is 5.75 Å². The van der Waals surface area contributed by atoms with Crippen LogP contribution in [-0.2, 0) is 0 Å². The smallest absolute Gasteiger partial charge is 0.330 e. The van der Waals surface area contributed by atoms with E-state index in [9.17, 15) is 13.6 Å². The highest BCUT2D eigenvalue weighted by Crippen LogP contribution is 2.40. The second-order valence-electron chi connectivity index (χ2n) is 7.06. The molecule has 1 aromatic heterocycles. The quantitative estimate of drug-likeness (QED) is 0.715. The molecule has 28 heavy (non-hydrogen) atoms. The SMILES string of the molecule is CNCC1Oc2cc(F)ccc2C1n1c(=O)n(C(C)C)c2cccc(F)c21.Cl. The first-order chi connectivity index (χ1) is 12.9. The maximum Gasteiger partial charge on any atom is 0.330 e. The molecule has 5 nitrogen and oxygen atoms in total. The third kappa shape index (κ3) is 2.99. The van der Waals surface area contributed by atoms with Crippen LogP contribution in [0.1, 0.15) is 31.5 Å². The number of fused-ring (bicyclic) bond motifs is 2. The van der Waals surface area contributed by atoms with E-state index in [1.54, 1.807) is 29.8 Å². The predicted molar refractivity (Wildman–Crippen MR) is 107 cm³/mol. The van der Waals surface area contributed by atoms with Gasteiger partial charge in [-0.15, -0.1) is 12.4 Å². The normalized spacial score (nSPS) is 18.2. The molecule has 2 atom stereocenters. The first kappa shape index (κ1) is 20.4. The highest BCUT2D eigenvalue weighted by Gasteiger charge is 2.38. The second kappa shape index (κ2) is 7.56. The number of hydrogen-bond acceptors (Lipinski definition) is 3. The van der Waals surface area contributed by atoms with E-state index in [4.69, 9.17) is 4.74 Å². The van der Waals surface area contributed by atoms with Crippen molar-refractivity contribution in [2.45, 2.75) is 32.0 Å². The number of benzene rings is 2. The number of para-hydroxylation sites is 1. The average Bonchev–Trinajstić information content (AvgIpc) is 3.09. The molecule has 0 fully saturated rings. The van der Waals surface area contributed by atoms with E-state index in [0.29, 0.717) is 23.4 Å². The van der Waals surface area contributed by atoms with Crippen LogP contribution < -0.4 is 15.7 Å². The van der Waals surface area contributed by atoms with E-state index in [1.165, 1.54) is 22.8 Å². The number of imidazole rings is 1. The number of aromatic nitrogens is 2. The topological polar surface area (TPSA) is 48.2 Å². The summed E-state index contributed by atoms with van der Waals surface area (Å²) in [5.41, 5.74) is 1.14. The summed E-state index contributed by atoms with van der Waals surface area (Å²) in [5.74, 6) is -0.502. The molecule has 3 aromatic rings. The lowest BCUT2D eigenvalue weighted by Crippen LogP contribution is -2.38. The van der Waals surface area contributed by atoms with Crippen LogP contribution >= 0.6 is 12.4 Å².